The second-order valence-corrected chi connectivity index (χ2v) is 7.19. The number of piperidine rings is 1. The first-order valence-corrected chi connectivity index (χ1v) is 9.63. The number of Topliss-reactive ketones (excluding diaryl/α,β-unsaturated/α-hetero) is 1. The van der Waals surface area contributed by atoms with Gasteiger partial charge in [-0.3, -0.25) is 9.59 Å². The number of amides is 1. The summed E-state index contributed by atoms with van der Waals surface area (Å²) in [5, 5.41) is 3.74. The Morgan fingerprint density at radius 2 is 1.97 bits per heavy atom. The number of rotatable bonds is 4. The lowest BCUT2D eigenvalue weighted by molar-refractivity contribution is -0.121. The van der Waals surface area contributed by atoms with E-state index in [0.29, 0.717) is 67.1 Å². The van der Waals surface area contributed by atoms with Crippen LogP contribution in [0.25, 0.3) is 11.1 Å². The lowest BCUT2D eigenvalue weighted by Gasteiger charge is -2.31. The number of carbonyl (C=O) groups is 2. The lowest BCUT2D eigenvalue weighted by Crippen LogP contribution is -2.40. The fourth-order valence-electron chi connectivity index (χ4n) is 3.76. The number of ketones is 1. The molecule has 2 aliphatic heterocycles. The Hall–Kier alpha value is -2.81. The zero-order chi connectivity index (χ0) is 20.4. The number of hydrogen-bond acceptors (Lipinski definition) is 5. The summed E-state index contributed by atoms with van der Waals surface area (Å²) in [7, 11) is 0. The molecule has 0 N–H and O–H groups in total. The van der Waals surface area contributed by atoms with Crippen LogP contribution in [0.2, 0.25) is 0 Å². The monoisotopic (exact) mass is 404 g/mol. The van der Waals surface area contributed by atoms with Gasteiger partial charge in [0.05, 0.1) is 26.0 Å². The van der Waals surface area contributed by atoms with Crippen molar-refractivity contribution in [2.45, 2.75) is 19.4 Å². The summed E-state index contributed by atoms with van der Waals surface area (Å²) in [6.45, 7) is 0.406. The van der Waals surface area contributed by atoms with Crippen LogP contribution >= 0.6 is 0 Å². The summed E-state index contributed by atoms with van der Waals surface area (Å²) >= 11 is 0. The minimum absolute atomic E-state index is 0.0490. The molecule has 2 saturated heterocycles. The van der Waals surface area contributed by atoms with E-state index in [0.717, 1.165) is 5.69 Å². The Morgan fingerprint density at radius 3 is 2.66 bits per heavy atom. The molecule has 0 bridgehead atoms. The number of anilines is 1. The van der Waals surface area contributed by atoms with Crippen LogP contribution in [0, 0.1) is 0 Å². The predicted molar refractivity (Wildman–Crippen MR) is 102 cm³/mol. The Kier molecular flexibility index (Phi) is 5.57. The molecule has 1 aromatic heterocycles. The Labute approximate surface area is 166 Å². The molecule has 1 amide bonds. The van der Waals surface area contributed by atoms with Crippen LogP contribution in [0.3, 0.4) is 0 Å². The van der Waals surface area contributed by atoms with Gasteiger partial charge in [0.1, 0.15) is 0 Å². The van der Waals surface area contributed by atoms with Gasteiger partial charge in [0.2, 0.25) is 0 Å². The quantitative estimate of drug-likeness (QED) is 0.784. The first kappa shape index (κ1) is 19.5. The number of benzene rings is 1. The highest BCUT2D eigenvalue weighted by Crippen LogP contribution is 2.33. The van der Waals surface area contributed by atoms with E-state index in [9.17, 15) is 18.4 Å². The Morgan fingerprint density at radius 1 is 1.17 bits per heavy atom. The van der Waals surface area contributed by atoms with Crippen molar-refractivity contribution >= 4 is 17.4 Å². The molecular weight excluding hydrogens is 382 g/mol. The standard InChI is InChI=1S/C20H22F2N4O3/c21-20(22)26-12-15(11-23-26)17-10-14(19(28)25-5-1-2-16(27)13-25)3-4-18(17)24-6-8-29-9-7-24/h3-4,10-12,20H,1-2,5-9,13H2. The molecule has 2 aromatic rings. The molecule has 0 aliphatic carbocycles. The summed E-state index contributed by atoms with van der Waals surface area (Å²) in [5.41, 5.74) is 2.44. The van der Waals surface area contributed by atoms with Gasteiger partial charge in [-0.15, -0.1) is 0 Å². The third-order valence-electron chi connectivity index (χ3n) is 5.25. The van der Waals surface area contributed by atoms with Gasteiger partial charge in [0, 0.05) is 54.6 Å². The zero-order valence-corrected chi connectivity index (χ0v) is 15.9. The first-order chi connectivity index (χ1) is 14.0. The molecule has 0 atom stereocenters. The topological polar surface area (TPSA) is 67.7 Å². The molecule has 7 nitrogen and oxygen atoms in total. The summed E-state index contributed by atoms with van der Waals surface area (Å²) in [4.78, 5) is 28.3. The molecule has 0 unspecified atom stereocenters. The fraction of sp³-hybridized carbons (Fsp3) is 0.450. The largest absolute Gasteiger partial charge is 0.378 e. The molecule has 2 aliphatic rings. The normalized spacial score (nSPS) is 17.8. The predicted octanol–water partition coefficient (Wildman–Crippen LogP) is 2.59. The van der Waals surface area contributed by atoms with Gasteiger partial charge >= 0.3 is 6.55 Å². The molecule has 0 saturated carbocycles. The highest BCUT2D eigenvalue weighted by Gasteiger charge is 2.25. The van der Waals surface area contributed by atoms with Crippen molar-refractivity contribution in [2.75, 3.05) is 44.3 Å². The number of ether oxygens (including phenoxy) is 1. The maximum atomic E-state index is 13.0. The number of halogens is 2. The van der Waals surface area contributed by atoms with E-state index in [1.807, 2.05) is 6.07 Å². The van der Waals surface area contributed by atoms with Crippen molar-refractivity contribution in [2.24, 2.45) is 0 Å². The van der Waals surface area contributed by atoms with E-state index in [1.54, 1.807) is 17.0 Å². The van der Waals surface area contributed by atoms with Gasteiger partial charge in [0.25, 0.3) is 5.91 Å². The number of carbonyl (C=O) groups excluding carboxylic acids is 2. The third kappa shape index (κ3) is 4.14. The molecule has 4 rings (SSSR count). The van der Waals surface area contributed by atoms with Gasteiger partial charge in [0.15, 0.2) is 5.78 Å². The zero-order valence-electron chi connectivity index (χ0n) is 15.9. The van der Waals surface area contributed by atoms with E-state index in [4.69, 9.17) is 4.74 Å². The van der Waals surface area contributed by atoms with Crippen LogP contribution in [0.5, 0.6) is 0 Å². The number of hydrogen-bond donors (Lipinski definition) is 0. The molecule has 0 spiro atoms. The lowest BCUT2D eigenvalue weighted by atomic mass is 10.0. The molecule has 0 radical (unpaired) electrons. The molecule has 29 heavy (non-hydrogen) atoms. The van der Waals surface area contributed by atoms with Crippen molar-refractivity contribution in [1.29, 1.82) is 0 Å². The van der Waals surface area contributed by atoms with Gasteiger partial charge in [-0.25, -0.2) is 4.68 Å². The van der Waals surface area contributed by atoms with E-state index >= 15 is 0 Å². The van der Waals surface area contributed by atoms with E-state index in [-0.39, 0.29) is 18.2 Å². The van der Waals surface area contributed by atoms with Crippen LogP contribution in [0.15, 0.2) is 30.6 Å². The number of nitrogens with zero attached hydrogens (tertiary/aromatic N) is 4. The molecule has 3 heterocycles. The molecule has 1 aromatic carbocycles. The smallest absolute Gasteiger partial charge is 0.333 e. The average molecular weight is 404 g/mol. The molecule has 2 fully saturated rings. The third-order valence-corrected chi connectivity index (χ3v) is 5.25. The van der Waals surface area contributed by atoms with E-state index in [1.165, 1.54) is 12.4 Å². The SMILES string of the molecule is O=C1CCCN(C(=O)c2ccc(N3CCOCC3)c(-c3cnn(C(F)F)c3)c2)C1. The fourth-order valence-corrected chi connectivity index (χ4v) is 3.76. The van der Waals surface area contributed by atoms with Crippen LogP contribution in [0.4, 0.5) is 14.5 Å². The van der Waals surface area contributed by atoms with Gasteiger partial charge in [-0.2, -0.15) is 13.9 Å². The molecule has 154 valence electrons. The van der Waals surface area contributed by atoms with E-state index in [2.05, 4.69) is 10.00 Å². The number of morpholine rings is 1. The summed E-state index contributed by atoms with van der Waals surface area (Å²) < 4.78 is 32.0. The van der Waals surface area contributed by atoms with E-state index < -0.39 is 6.55 Å². The number of likely N-dealkylation sites (tertiary alicyclic amines) is 1. The van der Waals surface area contributed by atoms with Gasteiger partial charge in [-0.1, -0.05) is 0 Å². The number of aromatic nitrogens is 2. The Balaban J connectivity index is 1.70. The second kappa shape index (κ2) is 8.28. The van der Waals surface area contributed by atoms with Gasteiger partial charge in [-0.05, 0) is 24.6 Å². The van der Waals surface area contributed by atoms with Crippen LogP contribution in [-0.4, -0.2) is 65.8 Å². The van der Waals surface area contributed by atoms with Crippen molar-refractivity contribution in [3.63, 3.8) is 0 Å². The average Bonchev–Trinajstić information content (AvgIpc) is 3.24. The maximum Gasteiger partial charge on any atom is 0.333 e. The summed E-state index contributed by atoms with van der Waals surface area (Å²) in [6.07, 6.45) is 3.81. The van der Waals surface area contributed by atoms with Crippen LogP contribution in [-0.2, 0) is 9.53 Å². The highest BCUT2D eigenvalue weighted by molar-refractivity contribution is 5.99. The minimum Gasteiger partial charge on any atom is -0.378 e. The van der Waals surface area contributed by atoms with Crippen LogP contribution in [0.1, 0.15) is 29.7 Å². The molecular formula is C20H22F2N4O3. The van der Waals surface area contributed by atoms with Crippen LogP contribution < -0.4 is 4.90 Å². The first-order valence-electron chi connectivity index (χ1n) is 9.63. The highest BCUT2D eigenvalue weighted by atomic mass is 19.3. The Bertz CT molecular complexity index is 909. The second-order valence-electron chi connectivity index (χ2n) is 7.19. The molecule has 9 heteroatoms. The van der Waals surface area contributed by atoms with Crippen molar-refractivity contribution in [3.8, 4) is 11.1 Å². The summed E-state index contributed by atoms with van der Waals surface area (Å²) in [5.74, 6) is -0.179. The van der Waals surface area contributed by atoms with Crippen molar-refractivity contribution in [3.05, 3.63) is 36.2 Å². The summed E-state index contributed by atoms with van der Waals surface area (Å²) in [6, 6.07) is 5.27. The van der Waals surface area contributed by atoms with Gasteiger partial charge < -0.3 is 14.5 Å². The van der Waals surface area contributed by atoms with Crippen molar-refractivity contribution in [1.82, 2.24) is 14.7 Å². The number of alkyl halides is 2. The maximum absolute atomic E-state index is 13.0. The minimum atomic E-state index is -2.74. The van der Waals surface area contributed by atoms with Crippen molar-refractivity contribution < 1.29 is 23.1 Å².